The Morgan fingerprint density at radius 1 is 1.22 bits per heavy atom. The second kappa shape index (κ2) is 9.32. The number of nitrogens with one attached hydrogen (secondary N) is 1. The van der Waals surface area contributed by atoms with Crippen LogP contribution in [0.1, 0.15) is 31.9 Å². The Morgan fingerprint density at radius 2 is 1.83 bits per heavy atom. The van der Waals surface area contributed by atoms with E-state index in [1.165, 1.54) is 12.1 Å². The summed E-state index contributed by atoms with van der Waals surface area (Å²) in [5, 5.41) is 10.3. The minimum absolute atomic E-state index is 0.327. The molecule has 0 aliphatic heterocycles. The molecule has 1 rings (SSSR count). The van der Waals surface area contributed by atoms with Gasteiger partial charge in [-0.2, -0.15) is 0 Å². The molecule has 132 valence electrons. The molecule has 0 bridgehead atoms. The van der Waals surface area contributed by atoms with Gasteiger partial charge in [0.05, 0.1) is 12.4 Å². The van der Waals surface area contributed by atoms with E-state index < -0.39 is 16.1 Å². The second-order valence-corrected chi connectivity index (χ2v) is 8.07. The lowest BCUT2D eigenvalue weighted by atomic mass is 10.1. The predicted molar refractivity (Wildman–Crippen MR) is 90.1 cm³/mol. The molecule has 0 aliphatic rings. The van der Waals surface area contributed by atoms with Crippen molar-refractivity contribution in [2.75, 3.05) is 32.4 Å². The van der Waals surface area contributed by atoms with Gasteiger partial charge in [-0.15, -0.1) is 0 Å². The summed E-state index contributed by atoms with van der Waals surface area (Å²) in [7, 11) is -3.17. The largest absolute Gasteiger partial charge is 0.387 e. The molecule has 2 N–H and O–H groups in total. The van der Waals surface area contributed by atoms with Crippen LogP contribution in [-0.4, -0.2) is 50.9 Å². The van der Waals surface area contributed by atoms with Gasteiger partial charge in [-0.25, -0.2) is 17.5 Å². The van der Waals surface area contributed by atoms with Crippen molar-refractivity contribution in [2.24, 2.45) is 5.92 Å². The Balaban J connectivity index is 2.54. The quantitative estimate of drug-likeness (QED) is 0.634. The van der Waals surface area contributed by atoms with E-state index in [2.05, 4.69) is 23.5 Å². The molecule has 0 aromatic heterocycles. The molecule has 1 aromatic rings. The highest BCUT2D eigenvalue weighted by Gasteiger charge is 2.15. The van der Waals surface area contributed by atoms with Crippen LogP contribution in [0.5, 0.6) is 0 Å². The Hall–Kier alpha value is -1.02. The van der Waals surface area contributed by atoms with Crippen molar-refractivity contribution >= 4 is 10.0 Å². The maximum atomic E-state index is 12.9. The SMILES string of the molecule is CC(C)CN(CCCNS(C)(=O)=O)C[C@@H](O)c1ccc(F)cc1. The minimum atomic E-state index is -3.17. The third-order valence-electron chi connectivity index (χ3n) is 3.32. The van der Waals surface area contributed by atoms with E-state index in [9.17, 15) is 17.9 Å². The van der Waals surface area contributed by atoms with Gasteiger partial charge in [0.1, 0.15) is 5.82 Å². The number of hydrogen-bond acceptors (Lipinski definition) is 4. The monoisotopic (exact) mass is 346 g/mol. The van der Waals surface area contributed by atoms with E-state index in [0.717, 1.165) is 12.8 Å². The van der Waals surface area contributed by atoms with Crippen LogP contribution < -0.4 is 4.72 Å². The fraction of sp³-hybridized carbons (Fsp3) is 0.625. The molecule has 0 heterocycles. The Labute approximate surface area is 138 Å². The molecule has 5 nitrogen and oxygen atoms in total. The van der Waals surface area contributed by atoms with Gasteiger partial charge in [0.25, 0.3) is 0 Å². The molecule has 0 saturated carbocycles. The number of halogens is 1. The lowest BCUT2D eigenvalue weighted by Gasteiger charge is -2.27. The van der Waals surface area contributed by atoms with E-state index in [4.69, 9.17) is 0 Å². The fourth-order valence-electron chi connectivity index (χ4n) is 2.37. The van der Waals surface area contributed by atoms with Gasteiger partial charge >= 0.3 is 0 Å². The van der Waals surface area contributed by atoms with Crippen molar-refractivity contribution in [3.63, 3.8) is 0 Å². The molecule has 0 amide bonds. The van der Waals surface area contributed by atoms with Crippen molar-refractivity contribution in [1.29, 1.82) is 0 Å². The summed E-state index contributed by atoms with van der Waals surface area (Å²) < 4.78 is 37.5. The van der Waals surface area contributed by atoms with E-state index >= 15 is 0 Å². The molecule has 0 aliphatic carbocycles. The maximum absolute atomic E-state index is 12.9. The fourth-order valence-corrected chi connectivity index (χ4v) is 2.88. The normalized spacial score (nSPS) is 13.7. The van der Waals surface area contributed by atoms with Gasteiger partial charge in [0, 0.05) is 19.6 Å². The molecule has 7 heteroatoms. The summed E-state index contributed by atoms with van der Waals surface area (Å²) in [6.45, 7) is 6.47. The highest BCUT2D eigenvalue weighted by molar-refractivity contribution is 7.88. The van der Waals surface area contributed by atoms with Gasteiger partial charge in [0.15, 0.2) is 0 Å². The lowest BCUT2D eigenvalue weighted by Crippen LogP contribution is -2.35. The van der Waals surface area contributed by atoms with Crippen LogP contribution in [0, 0.1) is 11.7 Å². The molecule has 1 aromatic carbocycles. The zero-order valence-corrected chi connectivity index (χ0v) is 14.8. The first-order valence-electron chi connectivity index (χ1n) is 7.78. The first kappa shape index (κ1) is 20.0. The average molecular weight is 346 g/mol. The molecule has 0 fully saturated rings. The zero-order chi connectivity index (χ0) is 17.5. The topological polar surface area (TPSA) is 69.6 Å². The molecule has 0 saturated heterocycles. The number of sulfonamides is 1. The number of aliphatic hydroxyl groups excluding tert-OH is 1. The van der Waals surface area contributed by atoms with Crippen molar-refractivity contribution in [3.8, 4) is 0 Å². The summed E-state index contributed by atoms with van der Waals surface area (Å²) in [6.07, 6.45) is 1.10. The number of hydrogen-bond donors (Lipinski definition) is 2. The summed E-state index contributed by atoms with van der Waals surface area (Å²) in [5.41, 5.74) is 0.675. The standard InChI is InChI=1S/C16H27FN2O3S/c1-13(2)11-19(10-4-9-18-23(3,21)22)12-16(20)14-5-7-15(17)8-6-14/h5-8,13,16,18,20H,4,9-12H2,1-3H3/t16-/m1/s1. The van der Waals surface area contributed by atoms with Crippen LogP contribution in [0.3, 0.4) is 0 Å². The van der Waals surface area contributed by atoms with Gasteiger partial charge in [0.2, 0.25) is 10.0 Å². The third-order valence-corrected chi connectivity index (χ3v) is 4.05. The van der Waals surface area contributed by atoms with Crippen molar-refractivity contribution < 1.29 is 17.9 Å². The highest BCUT2D eigenvalue weighted by atomic mass is 32.2. The molecular weight excluding hydrogens is 319 g/mol. The highest BCUT2D eigenvalue weighted by Crippen LogP contribution is 2.16. The van der Waals surface area contributed by atoms with Gasteiger partial charge < -0.3 is 10.0 Å². The second-order valence-electron chi connectivity index (χ2n) is 6.24. The van der Waals surface area contributed by atoms with Crippen LogP contribution in [0.2, 0.25) is 0 Å². The average Bonchev–Trinajstić information content (AvgIpc) is 2.42. The number of benzene rings is 1. The van der Waals surface area contributed by atoms with E-state index in [1.807, 2.05) is 0 Å². The molecule has 23 heavy (non-hydrogen) atoms. The van der Waals surface area contributed by atoms with E-state index in [1.54, 1.807) is 12.1 Å². The van der Waals surface area contributed by atoms with Crippen molar-refractivity contribution in [2.45, 2.75) is 26.4 Å². The summed E-state index contributed by atoms with van der Waals surface area (Å²) >= 11 is 0. The number of nitrogens with zero attached hydrogens (tertiary/aromatic N) is 1. The van der Waals surface area contributed by atoms with Crippen LogP contribution in [0.4, 0.5) is 4.39 Å². The first-order chi connectivity index (χ1) is 10.7. The number of aliphatic hydroxyl groups is 1. The van der Waals surface area contributed by atoms with Crippen LogP contribution in [0.15, 0.2) is 24.3 Å². The van der Waals surface area contributed by atoms with Gasteiger partial charge in [-0.1, -0.05) is 26.0 Å². The molecule has 0 unspecified atom stereocenters. The first-order valence-corrected chi connectivity index (χ1v) is 9.67. The Morgan fingerprint density at radius 3 is 2.35 bits per heavy atom. The van der Waals surface area contributed by atoms with Crippen LogP contribution in [0.25, 0.3) is 0 Å². The van der Waals surface area contributed by atoms with Crippen LogP contribution >= 0.6 is 0 Å². The van der Waals surface area contributed by atoms with E-state index in [-0.39, 0.29) is 5.82 Å². The lowest BCUT2D eigenvalue weighted by molar-refractivity contribution is 0.105. The van der Waals surface area contributed by atoms with Crippen molar-refractivity contribution in [3.05, 3.63) is 35.6 Å². The molecular formula is C16H27FN2O3S. The summed E-state index contributed by atoms with van der Waals surface area (Å²) in [5.74, 6) is 0.102. The Kier molecular flexibility index (Phi) is 8.11. The zero-order valence-electron chi connectivity index (χ0n) is 14.0. The molecule has 0 radical (unpaired) electrons. The molecule has 1 atom stereocenters. The molecule has 0 spiro atoms. The van der Waals surface area contributed by atoms with Crippen LogP contribution in [-0.2, 0) is 10.0 Å². The minimum Gasteiger partial charge on any atom is -0.387 e. The summed E-state index contributed by atoms with van der Waals surface area (Å²) in [6, 6.07) is 5.83. The third kappa shape index (κ3) is 9.00. The Bertz CT molecular complexity index is 561. The van der Waals surface area contributed by atoms with Gasteiger partial charge in [-0.3, -0.25) is 0 Å². The van der Waals surface area contributed by atoms with Gasteiger partial charge in [-0.05, 0) is 36.6 Å². The summed E-state index contributed by atoms with van der Waals surface area (Å²) in [4.78, 5) is 2.10. The smallest absolute Gasteiger partial charge is 0.208 e. The maximum Gasteiger partial charge on any atom is 0.208 e. The van der Waals surface area contributed by atoms with E-state index in [0.29, 0.717) is 37.5 Å². The number of rotatable bonds is 10. The predicted octanol–water partition coefficient (Wildman–Crippen LogP) is 1.76. The van der Waals surface area contributed by atoms with Crippen molar-refractivity contribution in [1.82, 2.24) is 9.62 Å².